The predicted octanol–water partition coefficient (Wildman–Crippen LogP) is 7.08. The molecule has 2 saturated heterocycles. The maximum atomic E-state index is 13.5. The third-order valence-electron chi connectivity index (χ3n) is 9.12. The topological polar surface area (TPSA) is 112 Å². The van der Waals surface area contributed by atoms with Gasteiger partial charge in [0.2, 0.25) is 5.91 Å². The molecule has 0 bridgehead atoms. The van der Waals surface area contributed by atoms with E-state index in [1.165, 1.54) is 0 Å². The number of likely N-dealkylation sites (tertiary alicyclic amines) is 2. The number of pyridine rings is 3. The normalized spacial score (nSPS) is 12.8. The van der Waals surface area contributed by atoms with Gasteiger partial charge in [0.25, 0.3) is 0 Å². The predicted molar refractivity (Wildman–Crippen MR) is 230 cm³/mol. The summed E-state index contributed by atoms with van der Waals surface area (Å²) >= 11 is 0. The Kier molecular flexibility index (Phi) is 17.2. The maximum Gasteiger partial charge on any atom is 0.408 e. The Balaban J connectivity index is 0.000000291. The van der Waals surface area contributed by atoms with Crippen molar-refractivity contribution in [2.75, 3.05) is 31.4 Å². The zero-order valence-electron chi connectivity index (χ0n) is 33.3. The van der Waals surface area contributed by atoms with Crippen LogP contribution in [0.1, 0.15) is 37.3 Å². The van der Waals surface area contributed by atoms with E-state index in [0.29, 0.717) is 11.7 Å². The number of amides is 1. The molecule has 6 heterocycles. The second-order valence-corrected chi connectivity index (χ2v) is 13.2. The van der Waals surface area contributed by atoms with Crippen molar-refractivity contribution in [2.45, 2.75) is 45.1 Å². The van der Waals surface area contributed by atoms with Crippen molar-refractivity contribution >= 4 is 29.9 Å². The molecule has 0 aromatic carbocycles. The van der Waals surface area contributed by atoms with E-state index in [2.05, 4.69) is 151 Å². The number of nitrogens with one attached hydrogen (secondary N) is 1. The Morgan fingerprint density at radius 2 is 1.32 bits per heavy atom. The summed E-state index contributed by atoms with van der Waals surface area (Å²) in [6.07, 6.45) is 8.87. The van der Waals surface area contributed by atoms with Crippen molar-refractivity contribution < 1.29 is 9.82 Å². The van der Waals surface area contributed by atoms with E-state index >= 15 is 0 Å². The number of aromatic nitrogens is 5. The van der Waals surface area contributed by atoms with Gasteiger partial charge in [-0.05, 0) is 192 Å². The molecule has 4 aromatic rings. The van der Waals surface area contributed by atoms with Gasteiger partial charge in [0.05, 0.1) is 0 Å². The number of fused-ring (bicyclic) bond motifs is 1. The minimum atomic E-state index is -0.645. The number of nitrogens with zero attached hydrogens (tertiary/aromatic N) is 7. The molecule has 4 aromatic heterocycles. The van der Waals surface area contributed by atoms with Crippen molar-refractivity contribution in [3.63, 3.8) is 0 Å². The van der Waals surface area contributed by atoms with E-state index in [4.69, 9.17) is 4.98 Å². The first-order chi connectivity index (χ1) is 29.5. The van der Waals surface area contributed by atoms with Crippen LogP contribution in [0, 0.1) is 5.92 Å². The number of hydrogen-bond acceptors (Lipinski definition) is 8. The molecule has 2 aliphatic rings. The molecule has 60 heavy (non-hydrogen) atoms. The standard InChI is InChI=1S/C29H35BN8O2.C20H4/c1-30(40)35-26-19-21(7-14-32-26)20-36-15-8-22(9-16-36)29(39)37-17-10-23(11-18-37)38-27-25(6-4-13-33-27)34-28(38)24-5-2-3-12-31-24;1-3-5-7-9-11-13-15-17-19-20-18-16-14-12-10-8-6-4-2/h2-7,12-14,19,22-23,40H,8-11,15-18,20H2,1H3,(H,32,35);1-2H2. The largest absolute Gasteiger partial charge is 0.433 e. The monoisotopic (exact) mass is 782 g/mol. The quantitative estimate of drug-likeness (QED) is 0.151. The zero-order valence-corrected chi connectivity index (χ0v) is 33.3. The lowest BCUT2D eigenvalue weighted by Crippen LogP contribution is -2.45. The minimum Gasteiger partial charge on any atom is -0.433 e. The molecule has 6 rings (SSSR count). The van der Waals surface area contributed by atoms with Crippen molar-refractivity contribution in [2.24, 2.45) is 5.92 Å². The van der Waals surface area contributed by atoms with E-state index in [0.717, 1.165) is 86.7 Å². The molecule has 0 unspecified atom stereocenters. The summed E-state index contributed by atoms with van der Waals surface area (Å²) in [4.78, 5) is 36.3. The van der Waals surface area contributed by atoms with Crippen LogP contribution < -0.4 is 5.23 Å². The molecular weight excluding hydrogens is 743 g/mol. The van der Waals surface area contributed by atoms with Crippen molar-refractivity contribution in [3.05, 3.63) is 183 Å². The van der Waals surface area contributed by atoms with Crippen LogP contribution in [-0.4, -0.2) is 78.5 Å². The molecule has 0 atom stereocenters. The molecule has 2 fully saturated rings. The first kappa shape index (κ1) is 43.1. The number of imidazole rings is 1. The Morgan fingerprint density at radius 1 is 0.733 bits per heavy atom. The number of carbonyl (C=O) groups excluding carboxylic acids is 1. The summed E-state index contributed by atoms with van der Waals surface area (Å²) in [6, 6.07) is 14.0. The third kappa shape index (κ3) is 13.6. The van der Waals surface area contributed by atoms with Gasteiger partial charge in [-0.3, -0.25) is 14.7 Å². The zero-order chi connectivity index (χ0) is 42.2. The van der Waals surface area contributed by atoms with Gasteiger partial charge in [-0.15, -0.1) is 0 Å². The number of rotatable bonds is 7. The molecular formula is C49H39BN8O2. The molecule has 2 aliphatic heterocycles. The van der Waals surface area contributed by atoms with E-state index in [1.807, 2.05) is 48.7 Å². The molecule has 290 valence electrons. The molecule has 10 nitrogen and oxygen atoms in total. The second-order valence-electron chi connectivity index (χ2n) is 13.2. The van der Waals surface area contributed by atoms with Crippen LogP contribution in [0.3, 0.4) is 0 Å². The van der Waals surface area contributed by atoms with Gasteiger partial charge in [-0.1, -0.05) is 17.5 Å². The summed E-state index contributed by atoms with van der Waals surface area (Å²) < 4.78 is 2.24. The van der Waals surface area contributed by atoms with Gasteiger partial charge in [-0.25, -0.2) is 15.0 Å². The Bertz CT molecular complexity index is 2800. The second kappa shape index (κ2) is 23.9. The summed E-state index contributed by atoms with van der Waals surface area (Å²) in [7, 11) is -0.645. The van der Waals surface area contributed by atoms with Gasteiger partial charge in [0.15, 0.2) is 11.5 Å². The van der Waals surface area contributed by atoms with Crippen molar-refractivity contribution in [3.8, 4) is 11.5 Å². The summed E-state index contributed by atoms with van der Waals surface area (Å²) in [5.41, 5.74) is 48.1. The lowest BCUT2D eigenvalue weighted by molar-refractivity contribution is -0.138. The SMILES string of the molecule is C=C=C=C=C=C=C=C=C=C=C=C=C=C=C=C=C=C=C=C.CB(O)Nc1cc(CN2CCC(C(=O)N3CCC(n4c(-c5ccccn5)nc5cccnc54)CC3)CC2)ccn1. The van der Waals surface area contributed by atoms with Crippen LogP contribution in [-0.2, 0) is 11.3 Å². The summed E-state index contributed by atoms with van der Waals surface area (Å²) in [5.74, 6) is 1.89. The molecule has 1 amide bonds. The van der Waals surface area contributed by atoms with E-state index < -0.39 is 7.05 Å². The first-order valence-corrected chi connectivity index (χ1v) is 19.2. The smallest absolute Gasteiger partial charge is 0.408 e. The highest BCUT2D eigenvalue weighted by molar-refractivity contribution is 6.52. The lowest BCUT2D eigenvalue weighted by atomic mass is 9.89. The number of carbonyl (C=O) groups is 1. The molecule has 2 N–H and O–H groups in total. The summed E-state index contributed by atoms with van der Waals surface area (Å²) in [6.45, 7) is 12.4. The fourth-order valence-electron chi connectivity index (χ4n) is 6.54. The van der Waals surface area contributed by atoms with Crippen LogP contribution >= 0.6 is 0 Å². The number of piperidine rings is 2. The van der Waals surface area contributed by atoms with E-state index in [1.54, 1.807) is 19.2 Å². The van der Waals surface area contributed by atoms with E-state index in [-0.39, 0.29) is 12.0 Å². The average molecular weight is 783 g/mol. The Morgan fingerprint density at radius 3 is 1.87 bits per heavy atom. The van der Waals surface area contributed by atoms with Gasteiger partial charge in [-0.2, -0.15) is 0 Å². The fraction of sp³-hybridized carbons (Fsp3) is 0.245. The highest BCUT2D eigenvalue weighted by Gasteiger charge is 2.32. The van der Waals surface area contributed by atoms with Gasteiger partial charge in [0.1, 0.15) is 17.0 Å². The highest BCUT2D eigenvalue weighted by Crippen LogP contribution is 2.33. The van der Waals surface area contributed by atoms with Crippen LogP contribution in [0.2, 0.25) is 6.82 Å². The molecule has 0 spiro atoms. The lowest BCUT2D eigenvalue weighted by Gasteiger charge is -2.38. The molecule has 0 radical (unpaired) electrons. The molecule has 11 heteroatoms. The third-order valence-corrected chi connectivity index (χ3v) is 9.12. The fourth-order valence-corrected chi connectivity index (χ4v) is 6.54. The Hall–Kier alpha value is -8.05. The van der Waals surface area contributed by atoms with Gasteiger partial charge >= 0.3 is 7.05 Å². The van der Waals surface area contributed by atoms with Crippen LogP contribution in [0.15, 0.2) is 177 Å². The van der Waals surface area contributed by atoms with E-state index in [9.17, 15) is 9.82 Å². The summed E-state index contributed by atoms with van der Waals surface area (Å²) in [5, 5.41) is 12.5. The maximum absolute atomic E-state index is 13.5. The average Bonchev–Trinajstić information content (AvgIpc) is 3.67. The minimum absolute atomic E-state index is 0.0810. The number of anilines is 1. The first-order valence-electron chi connectivity index (χ1n) is 19.2. The molecule has 0 saturated carbocycles. The van der Waals surface area contributed by atoms with Crippen LogP contribution in [0.5, 0.6) is 0 Å². The molecule has 0 aliphatic carbocycles. The van der Waals surface area contributed by atoms with Crippen LogP contribution in [0.25, 0.3) is 22.7 Å². The van der Waals surface area contributed by atoms with Crippen LogP contribution in [0.4, 0.5) is 5.82 Å². The van der Waals surface area contributed by atoms with Crippen molar-refractivity contribution in [1.29, 1.82) is 0 Å². The Labute approximate surface area is 349 Å². The van der Waals surface area contributed by atoms with Crippen molar-refractivity contribution in [1.82, 2.24) is 34.3 Å². The highest BCUT2D eigenvalue weighted by atomic mass is 16.2. The van der Waals surface area contributed by atoms with Gasteiger partial charge < -0.3 is 19.7 Å². The van der Waals surface area contributed by atoms with Gasteiger partial charge in [0, 0.05) is 50.2 Å². The number of hydrogen-bond donors (Lipinski definition) is 2.